The molecule has 1 aliphatic carbocycles. The largest absolute Gasteiger partial charge is 0.349 e. The second-order valence-electron chi connectivity index (χ2n) is 6.37. The van der Waals surface area contributed by atoms with E-state index in [0.29, 0.717) is 18.4 Å². The summed E-state index contributed by atoms with van der Waals surface area (Å²) >= 11 is 0. The predicted octanol–water partition coefficient (Wildman–Crippen LogP) is 2.30. The lowest BCUT2D eigenvalue weighted by Crippen LogP contribution is -2.54. The second kappa shape index (κ2) is 5.85. The van der Waals surface area contributed by atoms with Gasteiger partial charge in [-0.1, -0.05) is 27.2 Å². The zero-order valence-electron chi connectivity index (χ0n) is 11.8. The Labute approximate surface area is 106 Å². The van der Waals surface area contributed by atoms with Crippen LogP contribution in [0.15, 0.2) is 0 Å². The summed E-state index contributed by atoms with van der Waals surface area (Å²) < 4.78 is 0. The Kier molecular flexibility index (Phi) is 4.99. The normalized spacial score (nSPS) is 28.1. The summed E-state index contributed by atoms with van der Waals surface area (Å²) in [5.74, 6) is 1.48. The van der Waals surface area contributed by atoms with Gasteiger partial charge in [0.15, 0.2) is 0 Å². The van der Waals surface area contributed by atoms with Crippen LogP contribution in [0.25, 0.3) is 0 Å². The van der Waals surface area contributed by atoms with E-state index in [2.05, 4.69) is 33.0 Å². The van der Waals surface area contributed by atoms with Gasteiger partial charge in [-0.3, -0.25) is 4.79 Å². The minimum absolute atomic E-state index is 0.202. The molecule has 100 valence electrons. The van der Waals surface area contributed by atoms with Crippen LogP contribution in [0.2, 0.25) is 0 Å². The number of rotatable bonds is 5. The van der Waals surface area contributed by atoms with Crippen LogP contribution in [-0.4, -0.2) is 18.0 Å². The highest BCUT2D eigenvalue weighted by Crippen LogP contribution is 2.31. The molecule has 0 spiro atoms. The summed E-state index contributed by atoms with van der Waals surface area (Å²) in [6.07, 6.45) is 4.34. The quantitative estimate of drug-likeness (QED) is 0.774. The molecular weight excluding hydrogens is 212 g/mol. The molecule has 0 heterocycles. The Bertz CT molecular complexity index is 265. The molecule has 3 N–H and O–H groups in total. The smallest absolute Gasteiger partial charge is 0.223 e. The Balaban J connectivity index is 2.58. The summed E-state index contributed by atoms with van der Waals surface area (Å²) in [4.78, 5) is 12.2. The van der Waals surface area contributed by atoms with Crippen LogP contribution < -0.4 is 11.1 Å². The Morgan fingerprint density at radius 2 is 2.12 bits per heavy atom. The van der Waals surface area contributed by atoms with Gasteiger partial charge in [0, 0.05) is 18.0 Å². The molecular formula is C14H28N2O. The highest BCUT2D eigenvalue weighted by molar-refractivity contribution is 5.80. The third-order valence-electron chi connectivity index (χ3n) is 3.93. The fourth-order valence-electron chi connectivity index (χ4n) is 3.01. The number of amides is 1. The number of hydrogen-bond acceptors (Lipinski definition) is 2. The first-order chi connectivity index (χ1) is 7.88. The summed E-state index contributed by atoms with van der Waals surface area (Å²) in [6.45, 7) is 9.08. The van der Waals surface area contributed by atoms with E-state index in [-0.39, 0.29) is 17.4 Å². The molecule has 1 saturated carbocycles. The number of carbonyl (C=O) groups is 1. The van der Waals surface area contributed by atoms with Gasteiger partial charge in [-0.2, -0.15) is 0 Å². The molecule has 3 heteroatoms. The van der Waals surface area contributed by atoms with Crippen molar-refractivity contribution in [1.29, 1.82) is 0 Å². The monoisotopic (exact) mass is 240 g/mol. The Morgan fingerprint density at radius 1 is 1.47 bits per heavy atom. The Hall–Kier alpha value is -0.570. The van der Waals surface area contributed by atoms with Gasteiger partial charge in [-0.05, 0) is 38.0 Å². The molecule has 0 aromatic carbocycles. The van der Waals surface area contributed by atoms with Gasteiger partial charge in [0.05, 0.1) is 0 Å². The van der Waals surface area contributed by atoms with E-state index in [0.717, 1.165) is 12.8 Å². The van der Waals surface area contributed by atoms with Crippen LogP contribution in [0.1, 0.15) is 53.4 Å². The van der Waals surface area contributed by atoms with Crippen molar-refractivity contribution in [3.05, 3.63) is 0 Å². The molecule has 3 unspecified atom stereocenters. The average molecular weight is 240 g/mol. The topological polar surface area (TPSA) is 55.1 Å². The van der Waals surface area contributed by atoms with Crippen molar-refractivity contribution < 1.29 is 4.79 Å². The average Bonchev–Trinajstić information content (AvgIpc) is 2.63. The maximum absolute atomic E-state index is 12.2. The van der Waals surface area contributed by atoms with E-state index < -0.39 is 0 Å². The van der Waals surface area contributed by atoms with Crippen LogP contribution >= 0.6 is 0 Å². The second-order valence-corrected chi connectivity index (χ2v) is 6.37. The summed E-state index contributed by atoms with van der Waals surface area (Å²) in [7, 11) is 0. The molecule has 1 fully saturated rings. The van der Waals surface area contributed by atoms with Gasteiger partial charge in [0.25, 0.3) is 0 Å². The van der Waals surface area contributed by atoms with Crippen LogP contribution in [0, 0.1) is 17.8 Å². The molecule has 17 heavy (non-hydrogen) atoms. The number of hydrogen-bond donors (Lipinski definition) is 2. The van der Waals surface area contributed by atoms with Crippen molar-refractivity contribution in [2.24, 2.45) is 23.5 Å². The molecule has 1 aliphatic rings. The third kappa shape index (κ3) is 3.98. The van der Waals surface area contributed by atoms with E-state index in [9.17, 15) is 4.79 Å². The van der Waals surface area contributed by atoms with Gasteiger partial charge < -0.3 is 11.1 Å². The standard InChI is InChI=1S/C14H28N2O/c1-10(2)8-14(4,9-15)16-13(17)12-7-5-6-11(12)3/h10-12H,5-9,15H2,1-4H3,(H,16,17). The molecule has 0 aliphatic heterocycles. The highest BCUT2D eigenvalue weighted by atomic mass is 16.2. The summed E-state index contributed by atoms with van der Waals surface area (Å²) in [5.41, 5.74) is 5.58. The van der Waals surface area contributed by atoms with Crippen molar-refractivity contribution in [2.75, 3.05) is 6.54 Å². The lowest BCUT2D eigenvalue weighted by Gasteiger charge is -2.33. The Morgan fingerprint density at radius 3 is 2.53 bits per heavy atom. The molecule has 0 bridgehead atoms. The molecule has 3 atom stereocenters. The third-order valence-corrected chi connectivity index (χ3v) is 3.93. The summed E-state index contributed by atoms with van der Waals surface area (Å²) in [6, 6.07) is 0. The molecule has 0 aromatic rings. The van der Waals surface area contributed by atoms with Crippen molar-refractivity contribution in [3.63, 3.8) is 0 Å². The van der Waals surface area contributed by atoms with Gasteiger partial charge in [-0.15, -0.1) is 0 Å². The van der Waals surface area contributed by atoms with Crippen molar-refractivity contribution in [2.45, 2.75) is 58.9 Å². The van der Waals surface area contributed by atoms with E-state index in [1.165, 1.54) is 12.8 Å². The van der Waals surface area contributed by atoms with Gasteiger partial charge >= 0.3 is 0 Å². The molecule has 3 nitrogen and oxygen atoms in total. The first kappa shape index (κ1) is 14.5. The molecule has 0 radical (unpaired) electrons. The molecule has 0 aromatic heterocycles. The maximum Gasteiger partial charge on any atom is 0.223 e. The lowest BCUT2D eigenvalue weighted by atomic mass is 9.89. The maximum atomic E-state index is 12.2. The number of nitrogens with two attached hydrogens (primary N) is 1. The minimum Gasteiger partial charge on any atom is -0.349 e. The van der Waals surface area contributed by atoms with E-state index in [1.54, 1.807) is 0 Å². The minimum atomic E-state index is -0.242. The zero-order chi connectivity index (χ0) is 13.1. The molecule has 1 rings (SSSR count). The van der Waals surface area contributed by atoms with E-state index in [1.807, 2.05) is 0 Å². The van der Waals surface area contributed by atoms with Crippen molar-refractivity contribution in [3.8, 4) is 0 Å². The van der Waals surface area contributed by atoms with Gasteiger partial charge in [0.2, 0.25) is 5.91 Å². The highest BCUT2D eigenvalue weighted by Gasteiger charge is 2.34. The first-order valence-corrected chi connectivity index (χ1v) is 6.90. The van der Waals surface area contributed by atoms with Crippen molar-refractivity contribution >= 4 is 5.91 Å². The number of carbonyl (C=O) groups excluding carboxylic acids is 1. The molecule has 0 saturated heterocycles. The fraction of sp³-hybridized carbons (Fsp3) is 0.929. The fourth-order valence-corrected chi connectivity index (χ4v) is 3.01. The van der Waals surface area contributed by atoms with Gasteiger partial charge in [0.1, 0.15) is 0 Å². The van der Waals surface area contributed by atoms with Crippen LogP contribution in [0.4, 0.5) is 0 Å². The van der Waals surface area contributed by atoms with Gasteiger partial charge in [-0.25, -0.2) is 0 Å². The van der Waals surface area contributed by atoms with Crippen molar-refractivity contribution in [1.82, 2.24) is 5.32 Å². The lowest BCUT2D eigenvalue weighted by molar-refractivity contribution is -0.127. The first-order valence-electron chi connectivity index (χ1n) is 6.90. The summed E-state index contributed by atoms with van der Waals surface area (Å²) in [5, 5.41) is 3.18. The van der Waals surface area contributed by atoms with Crippen LogP contribution in [-0.2, 0) is 4.79 Å². The van der Waals surface area contributed by atoms with Crippen LogP contribution in [0.3, 0.4) is 0 Å². The zero-order valence-corrected chi connectivity index (χ0v) is 11.8. The van der Waals surface area contributed by atoms with E-state index >= 15 is 0 Å². The SMILES string of the molecule is CC(C)CC(C)(CN)NC(=O)C1CCCC1C. The molecule has 1 amide bonds. The van der Waals surface area contributed by atoms with Crippen LogP contribution in [0.5, 0.6) is 0 Å². The number of nitrogens with one attached hydrogen (secondary N) is 1. The van der Waals surface area contributed by atoms with E-state index in [4.69, 9.17) is 5.73 Å². The predicted molar refractivity (Wildman–Crippen MR) is 71.6 cm³/mol.